The normalized spacial score (nSPS) is 10.7. The van der Waals surface area contributed by atoms with Crippen LogP contribution in [0.25, 0.3) is 0 Å². The SMILES string of the molecule is CC(=O)c1ccc(OCc2ccc(C(=O)Nc3ccn(Cc4ccccc4C)n3)o2)cc1. The number of hydrogen-bond acceptors (Lipinski definition) is 5. The number of nitrogens with one attached hydrogen (secondary N) is 1. The maximum atomic E-state index is 12.5. The number of anilines is 1. The molecule has 0 unspecified atom stereocenters. The highest BCUT2D eigenvalue weighted by atomic mass is 16.5. The zero-order valence-electron chi connectivity index (χ0n) is 17.9. The van der Waals surface area contributed by atoms with Crippen LogP contribution in [0.4, 0.5) is 5.82 Å². The largest absolute Gasteiger partial charge is 0.486 e. The van der Waals surface area contributed by atoms with Gasteiger partial charge in [0.1, 0.15) is 18.1 Å². The number of ketones is 1. The van der Waals surface area contributed by atoms with Gasteiger partial charge in [0.2, 0.25) is 0 Å². The Morgan fingerprint density at radius 3 is 2.56 bits per heavy atom. The lowest BCUT2D eigenvalue weighted by molar-refractivity contribution is 0.0990. The van der Waals surface area contributed by atoms with Crippen molar-refractivity contribution in [1.29, 1.82) is 0 Å². The standard InChI is InChI=1S/C25H23N3O4/c1-17-5-3-4-6-20(17)15-28-14-13-24(27-28)26-25(30)23-12-11-22(32-23)16-31-21-9-7-19(8-10-21)18(2)29/h3-14H,15-16H2,1-2H3,(H,26,27,30). The van der Waals surface area contributed by atoms with Crippen LogP contribution in [-0.2, 0) is 13.2 Å². The topological polar surface area (TPSA) is 86.4 Å². The number of amides is 1. The Morgan fingerprint density at radius 2 is 1.81 bits per heavy atom. The third-order valence-electron chi connectivity index (χ3n) is 5.00. The molecule has 2 heterocycles. The summed E-state index contributed by atoms with van der Waals surface area (Å²) in [4.78, 5) is 23.8. The quantitative estimate of drug-likeness (QED) is 0.404. The zero-order chi connectivity index (χ0) is 22.5. The first-order valence-electron chi connectivity index (χ1n) is 10.2. The number of carbonyl (C=O) groups excluding carboxylic acids is 2. The summed E-state index contributed by atoms with van der Waals surface area (Å²) < 4.78 is 13.0. The molecule has 32 heavy (non-hydrogen) atoms. The Balaban J connectivity index is 1.32. The summed E-state index contributed by atoms with van der Waals surface area (Å²) in [5, 5.41) is 7.15. The first-order chi connectivity index (χ1) is 15.5. The molecule has 0 fully saturated rings. The molecule has 1 N–H and O–H groups in total. The molecule has 162 valence electrons. The molecule has 0 saturated carbocycles. The number of hydrogen-bond donors (Lipinski definition) is 1. The lowest BCUT2D eigenvalue weighted by Gasteiger charge is -2.05. The second-order valence-corrected chi connectivity index (χ2v) is 7.41. The van der Waals surface area contributed by atoms with Gasteiger partial charge in [0, 0.05) is 17.8 Å². The zero-order valence-corrected chi connectivity index (χ0v) is 17.9. The molecular weight excluding hydrogens is 406 g/mol. The summed E-state index contributed by atoms with van der Waals surface area (Å²) >= 11 is 0. The number of rotatable bonds is 8. The van der Waals surface area contributed by atoms with E-state index in [9.17, 15) is 9.59 Å². The van der Waals surface area contributed by atoms with Gasteiger partial charge in [0.05, 0.1) is 6.54 Å². The Hall–Kier alpha value is -4.13. The molecule has 0 aliphatic heterocycles. The number of carbonyl (C=O) groups is 2. The highest BCUT2D eigenvalue weighted by Gasteiger charge is 2.13. The molecule has 2 aromatic heterocycles. The van der Waals surface area contributed by atoms with Crippen molar-refractivity contribution in [2.45, 2.75) is 27.0 Å². The Morgan fingerprint density at radius 1 is 1.03 bits per heavy atom. The maximum absolute atomic E-state index is 12.5. The highest BCUT2D eigenvalue weighted by molar-refractivity contribution is 6.01. The van der Waals surface area contributed by atoms with Crippen LogP contribution in [0.5, 0.6) is 5.75 Å². The number of benzene rings is 2. The van der Waals surface area contributed by atoms with Gasteiger partial charge < -0.3 is 14.5 Å². The summed E-state index contributed by atoms with van der Waals surface area (Å²) in [5.41, 5.74) is 2.98. The summed E-state index contributed by atoms with van der Waals surface area (Å²) in [7, 11) is 0. The van der Waals surface area contributed by atoms with E-state index in [-0.39, 0.29) is 24.1 Å². The molecule has 7 heteroatoms. The monoisotopic (exact) mass is 429 g/mol. The minimum Gasteiger partial charge on any atom is -0.486 e. The molecule has 1 amide bonds. The first-order valence-corrected chi connectivity index (χ1v) is 10.2. The van der Waals surface area contributed by atoms with Gasteiger partial charge in [-0.05, 0) is 61.4 Å². The van der Waals surface area contributed by atoms with Crippen LogP contribution < -0.4 is 10.1 Å². The smallest absolute Gasteiger partial charge is 0.292 e. The Bertz CT molecular complexity index is 1240. The minimum absolute atomic E-state index is 0.00162. The van der Waals surface area contributed by atoms with Crippen LogP contribution in [0.15, 0.2) is 77.3 Å². The van der Waals surface area contributed by atoms with Gasteiger partial charge in [-0.3, -0.25) is 14.3 Å². The van der Waals surface area contributed by atoms with Crippen molar-refractivity contribution >= 4 is 17.5 Å². The molecule has 4 rings (SSSR count). The average molecular weight is 429 g/mol. The van der Waals surface area contributed by atoms with Crippen molar-refractivity contribution in [3.8, 4) is 5.75 Å². The summed E-state index contributed by atoms with van der Waals surface area (Å²) in [6.45, 7) is 4.36. The fraction of sp³-hybridized carbons (Fsp3) is 0.160. The molecule has 0 aliphatic carbocycles. The van der Waals surface area contributed by atoms with Crippen LogP contribution in [0, 0.1) is 6.92 Å². The Labute approximate surface area is 185 Å². The minimum atomic E-state index is -0.386. The predicted molar refractivity (Wildman–Crippen MR) is 120 cm³/mol. The van der Waals surface area contributed by atoms with E-state index in [2.05, 4.69) is 29.5 Å². The average Bonchev–Trinajstić information content (AvgIpc) is 3.44. The molecule has 0 spiro atoms. The summed E-state index contributed by atoms with van der Waals surface area (Å²) in [5.74, 6) is 1.35. The molecule has 4 aromatic rings. The number of furan rings is 1. The number of aryl methyl sites for hydroxylation is 1. The van der Waals surface area contributed by atoms with E-state index in [4.69, 9.17) is 9.15 Å². The van der Waals surface area contributed by atoms with E-state index in [1.807, 2.05) is 18.3 Å². The maximum Gasteiger partial charge on any atom is 0.292 e. The van der Waals surface area contributed by atoms with E-state index in [1.54, 1.807) is 47.1 Å². The van der Waals surface area contributed by atoms with Gasteiger partial charge >= 0.3 is 0 Å². The van der Waals surface area contributed by atoms with Crippen molar-refractivity contribution in [2.75, 3.05) is 5.32 Å². The number of nitrogens with zero attached hydrogens (tertiary/aromatic N) is 2. The van der Waals surface area contributed by atoms with E-state index in [0.717, 1.165) is 0 Å². The van der Waals surface area contributed by atoms with Crippen LogP contribution >= 0.6 is 0 Å². The van der Waals surface area contributed by atoms with Crippen LogP contribution in [0.2, 0.25) is 0 Å². The molecule has 0 radical (unpaired) electrons. The lowest BCUT2D eigenvalue weighted by Crippen LogP contribution is -2.12. The van der Waals surface area contributed by atoms with Gasteiger partial charge in [0.25, 0.3) is 5.91 Å². The van der Waals surface area contributed by atoms with Crippen molar-refractivity contribution in [2.24, 2.45) is 0 Å². The van der Waals surface area contributed by atoms with E-state index in [1.165, 1.54) is 18.1 Å². The first kappa shape index (κ1) is 21.1. The second kappa shape index (κ2) is 9.34. The van der Waals surface area contributed by atoms with E-state index in [0.29, 0.717) is 29.4 Å². The van der Waals surface area contributed by atoms with E-state index >= 15 is 0 Å². The lowest BCUT2D eigenvalue weighted by atomic mass is 10.1. The molecular formula is C25H23N3O4. The number of Topliss-reactive ketones (excluding diaryl/α,β-unsaturated/α-hetero) is 1. The van der Waals surface area contributed by atoms with Gasteiger partial charge in [0.15, 0.2) is 17.4 Å². The van der Waals surface area contributed by atoms with Crippen molar-refractivity contribution < 1.29 is 18.7 Å². The highest BCUT2D eigenvalue weighted by Crippen LogP contribution is 2.17. The molecule has 2 aromatic carbocycles. The molecule has 7 nitrogen and oxygen atoms in total. The summed E-state index contributed by atoms with van der Waals surface area (Å²) in [6.07, 6.45) is 1.82. The van der Waals surface area contributed by atoms with Gasteiger partial charge in [-0.15, -0.1) is 0 Å². The van der Waals surface area contributed by atoms with Gasteiger partial charge in [-0.25, -0.2) is 0 Å². The number of ether oxygens (including phenoxy) is 1. The third-order valence-corrected chi connectivity index (χ3v) is 5.00. The van der Waals surface area contributed by atoms with Crippen molar-refractivity contribution in [1.82, 2.24) is 9.78 Å². The van der Waals surface area contributed by atoms with Gasteiger partial charge in [-0.2, -0.15) is 5.10 Å². The second-order valence-electron chi connectivity index (χ2n) is 7.41. The molecule has 0 aliphatic rings. The number of aromatic nitrogens is 2. The van der Waals surface area contributed by atoms with Crippen molar-refractivity contribution in [3.05, 3.63) is 101 Å². The van der Waals surface area contributed by atoms with Crippen LogP contribution in [0.3, 0.4) is 0 Å². The van der Waals surface area contributed by atoms with Crippen LogP contribution in [0.1, 0.15) is 44.7 Å². The van der Waals surface area contributed by atoms with Gasteiger partial charge in [-0.1, -0.05) is 24.3 Å². The molecule has 0 saturated heterocycles. The summed E-state index contributed by atoms with van der Waals surface area (Å²) in [6, 6.07) is 20.0. The predicted octanol–water partition coefficient (Wildman–Crippen LogP) is 4.87. The van der Waals surface area contributed by atoms with E-state index < -0.39 is 0 Å². The molecule has 0 bridgehead atoms. The third kappa shape index (κ3) is 5.13. The van der Waals surface area contributed by atoms with Crippen LogP contribution in [-0.4, -0.2) is 21.5 Å². The Kier molecular flexibility index (Phi) is 6.17. The fourth-order valence-corrected chi connectivity index (χ4v) is 3.17. The fourth-order valence-electron chi connectivity index (χ4n) is 3.17. The molecule has 0 atom stereocenters. The van der Waals surface area contributed by atoms with Crippen molar-refractivity contribution in [3.63, 3.8) is 0 Å².